The number of nitrogens with one attached hydrogen (secondary N) is 1. The highest BCUT2D eigenvalue weighted by Gasteiger charge is 2.26. The number of hydrogen-bond acceptors (Lipinski definition) is 7. The highest BCUT2D eigenvalue weighted by atomic mass is 32.2. The maximum Gasteiger partial charge on any atom is 0.308 e. The van der Waals surface area contributed by atoms with Gasteiger partial charge in [-0.15, -0.1) is 0 Å². The predicted octanol–water partition coefficient (Wildman–Crippen LogP) is 3.05. The number of benzene rings is 2. The van der Waals surface area contributed by atoms with Gasteiger partial charge in [0.1, 0.15) is 15.9 Å². The van der Waals surface area contributed by atoms with Crippen LogP contribution >= 0.6 is 11.7 Å². The van der Waals surface area contributed by atoms with E-state index in [1.165, 1.54) is 6.07 Å². The van der Waals surface area contributed by atoms with Crippen LogP contribution in [0.25, 0.3) is 11.0 Å². The largest absolute Gasteiger partial charge is 0.463 e. The van der Waals surface area contributed by atoms with Gasteiger partial charge in [-0.1, -0.05) is 36.4 Å². The van der Waals surface area contributed by atoms with Crippen molar-refractivity contribution in [1.82, 2.24) is 13.5 Å². The van der Waals surface area contributed by atoms with Crippen molar-refractivity contribution in [1.29, 1.82) is 0 Å². The van der Waals surface area contributed by atoms with E-state index >= 15 is 0 Å². The molecule has 0 unspecified atom stereocenters. The maximum atomic E-state index is 13.0. The van der Waals surface area contributed by atoms with E-state index in [0.29, 0.717) is 16.6 Å². The molecule has 0 bridgehead atoms. The molecule has 1 heterocycles. The van der Waals surface area contributed by atoms with Crippen molar-refractivity contribution in [3.8, 4) is 0 Å². The molecule has 0 aliphatic heterocycles. The van der Waals surface area contributed by atoms with E-state index in [2.05, 4.69) is 13.5 Å². The zero-order chi connectivity index (χ0) is 19.4. The van der Waals surface area contributed by atoms with Gasteiger partial charge in [0.15, 0.2) is 0 Å². The number of carbonyl (C=O) groups is 1. The molecule has 0 spiro atoms. The summed E-state index contributed by atoms with van der Waals surface area (Å²) in [7, 11) is -3.93. The van der Waals surface area contributed by atoms with E-state index in [9.17, 15) is 13.2 Å². The fourth-order valence-electron chi connectivity index (χ4n) is 2.64. The molecule has 0 radical (unpaired) electrons. The van der Waals surface area contributed by atoms with Crippen LogP contribution in [0.4, 0.5) is 0 Å². The monoisotopic (exact) mass is 405 g/mol. The van der Waals surface area contributed by atoms with Crippen LogP contribution < -0.4 is 4.72 Å². The van der Waals surface area contributed by atoms with Crippen LogP contribution in [-0.2, 0) is 19.6 Å². The normalized spacial score (nSPS) is 13.0. The van der Waals surface area contributed by atoms with Gasteiger partial charge in [0.05, 0.1) is 30.3 Å². The van der Waals surface area contributed by atoms with E-state index in [4.69, 9.17) is 4.74 Å². The van der Waals surface area contributed by atoms with Crippen molar-refractivity contribution in [2.75, 3.05) is 0 Å². The third kappa shape index (κ3) is 4.68. The van der Waals surface area contributed by atoms with Gasteiger partial charge < -0.3 is 4.74 Å². The number of nitrogens with zero attached hydrogens (tertiary/aromatic N) is 2. The molecule has 0 saturated carbocycles. The maximum absolute atomic E-state index is 13.0. The smallest absolute Gasteiger partial charge is 0.308 e. The molecule has 142 valence electrons. The molecular formula is C18H19N3O4S2. The summed E-state index contributed by atoms with van der Waals surface area (Å²) >= 11 is 0.950. The van der Waals surface area contributed by atoms with Crippen molar-refractivity contribution < 1.29 is 17.9 Å². The molecule has 0 amide bonds. The Morgan fingerprint density at radius 1 is 1.11 bits per heavy atom. The average molecular weight is 406 g/mol. The molecule has 1 atom stereocenters. The van der Waals surface area contributed by atoms with Crippen LogP contribution in [0.1, 0.15) is 31.9 Å². The number of sulfonamides is 1. The van der Waals surface area contributed by atoms with Gasteiger partial charge in [-0.3, -0.25) is 4.79 Å². The first-order valence-electron chi connectivity index (χ1n) is 8.35. The molecule has 27 heavy (non-hydrogen) atoms. The summed E-state index contributed by atoms with van der Waals surface area (Å²) in [5.41, 5.74) is 1.50. The molecule has 3 rings (SSSR count). The molecule has 0 aliphatic rings. The number of fused-ring (bicyclic) bond motifs is 1. The lowest BCUT2D eigenvalue weighted by Gasteiger charge is -2.19. The first kappa shape index (κ1) is 19.4. The third-order valence-corrected chi connectivity index (χ3v) is 5.82. The molecule has 0 aliphatic carbocycles. The SMILES string of the molecule is CC(C)OC(=O)C[C@@H](NS(=O)(=O)c1cccc2nsnc12)c1ccccc1. The van der Waals surface area contributed by atoms with Gasteiger partial charge in [0, 0.05) is 0 Å². The standard InChI is InChI=1S/C18H19N3O4S2/c1-12(2)25-17(22)11-15(13-7-4-3-5-8-13)21-27(23,24)16-10-6-9-14-18(16)20-26-19-14/h3-10,12,15,21H,11H2,1-2H3/t15-/m1/s1. The Hall–Kier alpha value is -2.36. The summed E-state index contributed by atoms with van der Waals surface area (Å²) in [6.45, 7) is 3.49. The highest BCUT2D eigenvalue weighted by molar-refractivity contribution is 7.89. The number of hydrogen-bond donors (Lipinski definition) is 1. The molecule has 2 aromatic carbocycles. The second-order valence-corrected chi connectivity index (χ2v) is 8.43. The predicted molar refractivity (Wildman–Crippen MR) is 103 cm³/mol. The van der Waals surface area contributed by atoms with Crippen molar-refractivity contribution in [3.05, 3.63) is 54.1 Å². The van der Waals surface area contributed by atoms with Crippen LogP contribution in [0, 0.1) is 0 Å². The van der Waals surface area contributed by atoms with Crippen LogP contribution in [-0.4, -0.2) is 29.2 Å². The lowest BCUT2D eigenvalue weighted by Crippen LogP contribution is -2.31. The van der Waals surface area contributed by atoms with Gasteiger partial charge in [0.2, 0.25) is 10.0 Å². The fraction of sp³-hybridized carbons (Fsp3) is 0.278. The molecule has 3 aromatic rings. The van der Waals surface area contributed by atoms with Gasteiger partial charge in [-0.25, -0.2) is 13.1 Å². The van der Waals surface area contributed by atoms with Gasteiger partial charge in [-0.2, -0.15) is 8.75 Å². The van der Waals surface area contributed by atoms with Crippen molar-refractivity contribution in [2.45, 2.75) is 37.3 Å². The third-order valence-electron chi connectivity index (χ3n) is 3.78. The summed E-state index contributed by atoms with van der Waals surface area (Å²) in [5.74, 6) is -0.477. The molecule has 0 saturated heterocycles. The number of aromatic nitrogens is 2. The average Bonchev–Trinajstić information content (AvgIpc) is 3.09. The van der Waals surface area contributed by atoms with E-state index in [-0.39, 0.29) is 17.4 Å². The molecule has 9 heteroatoms. The minimum Gasteiger partial charge on any atom is -0.463 e. The Kier molecular flexibility index (Phi) is 5.83. The van der Waals surface area contributed by atoms with Crippen LogP contribution in [0.15, 0.2) is 53.4 Å². The van der Waals surface area contributed by atoms with Crippen LogP contribution in [0.2, 0.25) is 0 Å². The topological polar surface area (TPSA) is 98.2 Å². The summed E-state index contributed by atoms with van der Waals surface area (Å²) in [5, 5.41) is 0. The quantitative estimate of drug-likeness (QED) is 0.607. The van der Waals surface area contributed by atoms with E-state index in [1.54, 1.807) is 50.2 Å². The van der Waals surface area contributed by atoms with Crippen molar-refractivity contribution in [3.63, 3.8) is 0 Å². The van der Waals surface area contributed by atoms with E-state index in [0.717, 1.165) is 11.7 Å². The van der Waals surface area contributed by atoms with Crippen LogP contribution in [0.5, 0.6) is 0 Å². The Morgan fingerprint density at radius 3 is 2.56 bits per heavy atom. The molecular weight excluding hydrogens is 386 g/mol. The summed E-state index contributed by atoms with van der Waals surface area (Å²) in [4.78, 5) is 12.2. The van der Waals surface area contributed by atoms with Gasteiger partial charge in [-0.05, 0) is 31.5 Å². The zero-order valence-corrected chi connectivity index (χ0v) is 16.5. The van der Waals surface area contributed by atoms with Crippen molar-refractivity contribution >= 4 is 38.8 Å². The number of rotatable bonds is 7. The lowest BCUT2D eigenvalue weighted by atomic mass is 10.1. The Morgan fingerprint density at radius 2 is 1.85 bits per heavy atom. The molecule has 1 N–H and O–H groups in total. The van der Waals surface area contributed by atoms with E-state index in [1.807, 2.05) is 6.07 Å². The summed E-state index contributed by atoms with van der Waals surface area (Å²) in [6, 6.07) is 13.0. The minimum absolute atomic E-state index is 0.0342. The van der Waals surface area contributed by atoms with Crippen LogP contribution in [0.3, 0.4) is 0 Å². The molecule has 7 nitrogen and oxygen atoms in total. The highest BCUT2D eigenvalue weighted by Crippen LogP contribution is 2.25. The second-order valence-electron chi connectivity index (χ2n) is 6.22. The second kappa shape index (κ2) is 8.12. The fourth-order valence-corrected chi connectivity index (χ4v) is 4.63. The van der Waals surface area contributed by atoms with E-state index < -0.39 is 22.0 Å². The zero-order valence-electron chi connectivity index (χ0n) is 14.8. The molecule has 0 fully saturated rings. The minimum atomic E-state index is -3.93. The van der Waals surface area contributed by atoms with Crippen molar-refractivity contribution in [2.24, 2.45) is 0 Å². The Bertz CT molecular complexity index is 1030. The number of carbonyl (C=O) groups excluding carboxylic acids is 1. The first-order valence-corrected chi connectivity index (χ1v) is 10.6. The summed E-state index contributed by atoms with van der Waals surface area (Å²) < 4.78 is 42.0. The first-order chi connectivity index (χ1) is 12.9. The summed E-state index contributed by atoms with van der Waals surface area (Å²) in [6.07, 6.45) is -0.396. The number of ether oxygens (including phenoxy) is 1. The Balaban J connectivity index is 1.93. The lowest BCUT2D eigenvalue weighted by molar-refractivity contribution is -0.147. The van der Waals surface area contributed by atoms with Gasteiger partial charge >= 0.3 is 5.97 Å². The molecule has 1 aromatic heterocycles. The number of esters is 1. The van der Waals surface area contributed by atoms with Gasteiger partial charge in [0.25, 0.3) is 0 Å². The Labute approximate surface area is 161 Å².